The molecule has 29 heavy (non-hydrogen) atoms. The van der Waals surface area contributed by atoms with E-state index in [0.717, 1.165) is 37.1 Å². The van der Waals surface area contributed by atoms with Gasteiger partial charge in [0.2, 0.25) is 5.75 Å². The molecule has 0 bridgehead atoms. The standard InChI is InChI=1S/C21H21N3O5/c1-2-6-17-13-16(15-7-4-3-5-8-15)9-11-19(17)22-29-21-12-10-18(23(25)26)14-20(21)24(27)28/h2-5,7-8,10,12,14,16-17H,1,6,9,11,13H2/b22-19-/t16-,17+/m0/s1. The van der Waals surface area contributed by atoms with Crippen LogP contribution in [0.5, 0.6) is 5.75 Å². The first-order valence-electron chi connectivity index (χ1n) is 9.32. The topological polar surface area (TPSA) is 108 Å². The lowest BCUT2D eigenvalue weighted by molar-refractivity contribution is -0.394. The van der Waals surface area contributed by atoms with Gasteiger partial charge in [-0.2, -0.15) is 0 Å². The van der Waals surface area contributed by atoms with Gasteiger partial charge in [0.15, 0.2) is 0 Å². The van der Waals surface area contributed by atoms with E-state index in [9.17, 15) is 20.2 Å². The Kier molecular flexibility index (Phi) is 6.33. The monoisotopic (exact) mass is 395 g/mol. The lowest BCUT2D eigenvalue weighted by Crippen LogP contribution is -2.24. The van der Waals surface area contributed by atoms with Crippen molar-refractivity contribution in [3.8, 4) is 5.75 Å². The van der Waals surface area contributed by atoms with E-state index in [1.54, 1.807) is 0 Å². The first kappa shape index (κ1) is 20.2. The predicted molar refractivity (Wildman–Crippen MR) is 109 cm³/mol. The Balaban J connectivity index is 1.80. The number of oxime groups is 1. The minimum Gasteiger partial charge on any atom is -0.350 e. The van der Waals surface area contributed by atoms with E-state index in [1.165, 1.54) is 11.6 Å². The fraction of sp³-hybridized carbons (Fsp3) is 0.286. The molecular formula is C21H21N3O5. The van der Waals surface area contributed by atoms with Crippen molar-refractivity contribution in [1.29, 1.82) is 0 Å². The SMILES string of the molecule is C=CC[C@@H]1C[C@@H](c2ccccc2)CC/C1=N/Oc1ccc([N+](=O)[O-])cc1[N+](=O)[O-]. The molecule has 1 aliphatic carbocycles. The molecule has 1 aliphatic rings. The summed E-state index contributed by atoms with van der Waals surface area (Å²) in [6.07, 6.45) is 5.07. The number of benzene rings is 2. The van der Waals surface area contributed by atoms with Crippen molar-refractivity contribution in [3.63, 3.8) is 0 Å². The molecule has 8 nitrogen and oxygen atoms in total. The highest BCUT2D eigenvalue weighted by Crippen LogP contribution is 2.37. The highest BCUT2D eigenvalue weighted by Gasteiger charge is 2.28. The summed E-state index contributed by atoms with van der Waals surface area (Å²) in [5, 5.41) is 26.3. The second-order valence-electron chi connectivity index (χ2n) is 6.94. The molecule has 2 aromatic rings. The van der Waals surface area contributed by atoms with Crippen LogP contribution in [-0.2, 0) is 0 Å². The van der Waals surface area contributed by atoms with Crippen molar-refractivity contribution in [2.24, 2.45) is 11.1 Å². The molecule has 3 rings (SSSR count). The molecule has 0 radical (unpaired) electrons. The van der Waals surface area contributed by atoms with Crippen LogP contribution in [0.3, 0.4) is 0 Å². The fourth-order valence-corrected chi connectivity index (χ4v) is 3.65. The largest absolute Gasteiger partial charge is 0.350 e. The maximum Gasteiger partial charge on any atom is 0.321 e. The molecule has 0 saturated heterocycles. The van der Waals surface area contributed by atoms with Gasteiger partial charge in [-0.05, 0) is 43.2 Å². The third-order valence-electron chi connectivity index (χ3n) is 5.12. The lowest BCUT2D eigenvalue weighted by Gasteiger charge is -2.30. The molecule has 0 heterocycles. The Hall–Kier alpha value is -3.55. The maximum atomic E-state index is 11.3. The number of hydrogen-bond donors (Lipinski definition) is 0. The Labute approximate surface area is 167 Å². The van der Waals surface area contributed by atoms with Gasteiger partial charge in [0.1, 0.15) is 0 Å². The van der Waals surface area contributed by atoms with Crippen molar-refractivity contribution in [2.45, 2.75) is 31.6 Å². The van der Waals surface area contributed by atoms with Crippen molar-refractivity contribution in [1.82, 2.24) is 0 Å². The molecule has 1 saturated carbocycles. The quantitative estimate of drug-likeness (QED) is 0.354. The Morgan fingerprint density at radius 1 is 1.14 bits per heavy atom. The molecule has 0 aliphatic heterocycles. The Bertz CT molecular complexity index is 943. The molecule has 2 aromatic carbocycles. The molecule has 0 N–H and O–H groups in total. The van der Waals surface area contributed by atoms with Gasteiger partial charge in [0.05, 0.1) is 21.6 Å². The summed E-state index contributed by atoms with van der Waals surface area (Å²) in [5.74, 6) is 0.424. The zero-order chi connectivity index (χ0) is 20.8. The van der Waals surface area contributed by atoms with Gasteiger partial charge in [0, 0.05) is 12.0 Å². The molecule has 0 amide bonds. The predicted octanol–water partition coefficient (Wildman–Crippen LogP) is 5.40. The number of nitro benzene ring substituents is 2. The average Bonchev–Trinajstić information content (AvgIpc) is 2.73. The summed E-state index contributed by atoms with van der Waals surface area (Å²) in [6, 6.07) is 13.5. The first-order valence-corrected chi connectivity index (χ1v) is 9.32. The van der Waals surface area contributed by atoms with Crippen LogP contribution in [0.2, 0.25) is 0 Å². The van der Waals surface area contributed by atoms with Crippen LogP contribution in [0.25, 0.3) is 0 Å². The fourth-order valence-electron chi connectivity index (χ4n) is 3.65. The zero-order valence-corrected chi connectivity index (χ0v) is 15.8. The van der Waals surface area contributed by atoms with Gasteiger partial charge in [-0.15, -0.1) is 6.58 Å². The summed E-state index contributed by atoms with van der Waals surface area (Å²) < 4.78 is 0. The number of allylic oxidation sites excluding steroid dienone is 1. The highest BCUT2D eigenvalue weighted by atomic mass is 16.7. The van der Waals surface area contributed by atoms with Crippen LogP contribution in [0, 0.1) is 26.1 Å². The minimum atomic E-state index is -0.712. The second-order valence-corrected chi connectivity index (χ2v) is 6.94. The highest BCUT2D eigenvalue weighted by molar-refractivity contribution is 5.87. The van der Waals surface area contributed by atoms with Gasteiger partial charge in [-0.25, -0.2) is 0 Å². The average molecular weight is 395 g/mol. The lowest BCUT2D eigenvalue weighted by atomic mass is 9.75. The van der Waals surface area contributed by atoms with Crippen LogP contribution >= 0.6 is 0 Å². The number of nitro groups is 2. The van der Waals surface area contributed by atoms with E-state index in [2.05, 4.69) is 23.9 Å². The summed E-state index contributed by atoms with van der Waals surface area (Å²) in [6.45, 7) is 3.82. The van der Waals surface area contributed by atoms with Crippen LogP contribution in [0.1, 0.15) is 37.2 Å². The van der Waals surface area contributed by atoms with Gasteiger partial charge in [-0.3, -0.25) is 20.2 Å². The van der Waals surface area contributed by atoms with Crippen molar-refractivity contribution >= 4 is 17.1 Å². The van der Waals surface area contributed by atoms with Crippen LogP contribution in [0.4, 0.5) is 11.4 Å². The van der Waals surface area contributed by atoms with Gasteiger partial charge in [-0.1, -0.05) is 41.6 Å². The number of non-ortho nitro benzene ring substituents is 1. The minimum absolute atomic E-state index is 0.115. The van der Waals surface area contributed by atoms with Crippen LogP contribution in [0.15, 0.2) is 66.3 Å². The summed E-state index contributed by atoms with van der Waals surface area (Å²) in [5.41, 5.74) is 1.25. The second kappa shape index (κ2) is 9.09. The summed E-state index contributed by atoms with van der Waals surface area (Å²) >= 11 is 0. The normalized spacial score (nSPS) is 20.2. The number of hydrogen-bond acceptors (Lipinski definition) is 6. The van der Waals surface area contributed by atoms with Crippen LogP contribution < -0.4 is 4.84 Å². The van der Waals surface area contributed by atoms with E-state index in [0.29, 0.717) is 12.3 Å². The molecule has 0 spiro atoms. The number of nitrogens with zero attached hydrogens (tertiary/aromatic N) is 3. The van der Waals surface area contributed by atoms with Crippen LogP contribution in [-0.4, -0.2) is 15.6 Å². The Morgan fingerprint density at radius 2 is 1.90 bits per heavy atom. The first-order chi connectivity index (χ1) is 14.0. The number of rotatable bonds is 7. The van der Waals surface area contributed by atoms with E-state index >= 15 is 0 Å². The van der Waals surface area contributed by atoms with Gasteiger partial charge < -0.3 is 4.84 Å². The van der Waals surface area contributed by atoms with Gasteiger partial charge in [0.25, 0.3) is 5.69 Å². The van der Waals surface area contributed by atoms with E-state index in [-0.39, 0.29) is 17.4 Å². The molecule has 150 valence electrons. The third kappa shape index (κ3) is 4.84. The van der Waals surface area contributed by atoms with Crippen molar-refractivity contribution < 1.29 is 14.7 Å². The van der Waals surface area contributed by atoms with E-state index in [4.69, 9.17) is 4.84 Å². The molecule has 2 atom stereocenters. The molecule has 0 unspecified atom stereocenters. The van der Waals surface area contributed by atoms with Crippen molar-refractivity contribution in [3.05, 3.63) is 87.0 Å². The summed E-state index contributed by atoms with van der Waals surface area (Å²) in [7, 11) is 0. The molecule has 0 aromatic heterocycles. The van der Waals surface area contributed by atoms with Gasteiger partial charge >= 0.3 is 5.69 Å². The Morgan fingerprint density at radius 3 is 2.55 bits per heavy atom. The third-order valence-corrected chi connectivity index (χ3v) is 5.12. The maximum absolute atomic E-state index is 11.3. The van der Waals surface area contributed by atoms with Crippen molar-refractivity contribution in [2.75, 3.05) is 0 Å². The molecular weight excluding hydrogens is 374 g/mol. The summed E-state index contributed by atoms with van der Waals surface area (Å²) in [4.78, 5) is 26.1. The smallest absolute Gasteiger partial charge is 0.321 e. The molecule has 1 fully saturated rings. The molecule has 8 heteroatoms. The zero-order valence-electron chi connectivity index (χ0n) is 15.8. The van der Waals surface area contributed by atoms with E-state index < -0.39 is 15.5 Å². The van der Waals surface area contributed by atoms with E-state index in [1.807, 2.05) is 24.3 Å².